The van der Waals surface area contributed by atoms with Crippen molar-refractivity contribution >= 4 is 11.8 Å². The molecular formula is C17H24N4O. The molecule has 0 radical (unpaired) electrons. The van der Waals surface area contributed by atoms with Crippen molar-refractivity contribution in [3.05, 3.63) is 42.1 Å². The van der Waals surface area contributed by atoms with Gasteiger partial charge >= 0.3 is 0 Å². The van der Waals surface area contributed by atoms with Gasteiger partial charge in [-0.05, 0) is 18.9 Å². The zero-order valence-electron chi connectivity index (χ0n) is 13.2. The van der Waals surface area contributed by atoms with Gasteiger partial charge in [0.2, 0.25) is 5.95 Å². The minimum absolute atomic E-state index is 0.0791. The number of unbranched alkanes of at least 4 members (excludes halogenated alkanes) is 2. The highest BCUT2D eigenvalue weighted by Crippen LogP contribution is 2.27. The molecule has 1 aromatic heterocycles. The first-order chi connectivity index (χ1) is 10.7. The molecule has 2 rings (SSSR count). The van der Waals surface area contributed by atoms with Gasteiger partial charge in [-0.2, -0.15) is 4.98 Å². The standard InChI is InChI=1S/C17H24N4O/c1-3-4-8-11-19-16-15(12-20-17(18)21-16)22-13(2)14-9-6-5-7-10-14/h5-7,9-10,12-13H,3-4,8,11H2,1-2H3,(H3,18,19,20,21). The van der Waals surface area contributed by atoms with Crippen LogP contribution in [0.25, 0.3) is 0 Å². The Morgan fingerprint density at radius 2 is 2.00 bits per heavy atom. The van der Waals surface area contributed by atoms with Crippen LogP contribution >= 0.6 is 0 Å². The Labute approximate surface area is 131 Å². The second-order valence-corrected chi connectivity index (χ2v) is 5.25. The Morgan fingerprint density at radius 3 is 2.73 bits per heavy atom. The number of anilines is 2. The Morgan fingerprint density at radius 1 is 1.23 bits per heavy atom. The van der Waals surface area contributed by atoms with E-state index in [-0.39, 0.29) is 12.1 Å². The summed E-state index contributed by atoms with van der Waals surface area (Å²) >= 11 is 0. The lowest BCUT2D eigenvalue weighted by Gasteiger charge is -2.17. The molecule has 1 atom stereocenters. The van der Waals surface area contributed by atoms with Gasteiger partial charge in [0, 0.05) is 6.54 Å². The van der Waals surface area contributed by atoms with E-state index in [2.05, 4.69) is 22.2 Å². The van der Waals surface area contributed by atoms with Crippen LogP contribution in [0.3, 0.4) is 0 Å². The van der Waals surface area contributed by atoms with Gasteiger partial charge < -0.3 is 15.8 Å². The van der Waals surface area contributed by atoms with E-state index in [0.717, 1.165) is 18.5 Å². The molecule has 3 N–H and O–H groups in total. The minimum atomic E-state index is -0.0791. The second kappa shape index (κ2) is 8.22. The molecule has 0 spiro atoms. The average Bonchev–Trinajstić information content (AvgIpc) is 2.54. The third-order valence-electron chi connectivity index (χ3n) is 3.42. The fourth-order valence-electron chi connectivity index (χ4n) is 2.16. The SMILES string of the molecule is CCCCCNc1nc(N)ncc1OC(C)c1ccccc1. The molecule has 0 saturated heterocycles. The van der Waals surface area contributed by atoms with E-state index in [0.29, 0.717) is 11.6 Å². The van der Waals surface area contributed by atoms with Crippen LogP contribution in [0.5, 0.6) is 5.75 Å². The number of nitrogens with one attached hydrogen (secondary N) is 1. The number of hydrogen-bond donors (Lipinski definition) is 2. The summed E-state index contributed by atoms with van der Waals surface area (Å²) in [6.07, 6.45) is 5.01. The third-order valence-corrected chi connectivity index (χ3v) is 3.42. The van der Waals surface area contributed by atoms with E-state index in [1.165, 1.54) is 12.8 Å². The van der Waals surface area contributed by atoms with Gasteiger partial charge in [-0.25, -0.2) is 4.98 Å². The van der Waals surface area contributed by atoms with Gasteiger partial charge in [0.1, 0.15) is 6.10 Å². The highest BCUT2D eigenvalue weighted by molar-refractivity contribution is 5.51. The summed E-state index contributed by atoms with van der Waals surface area (Å²) in [6.45, 7) is 5.03. The first kappa shape index (κ1) is 16.1. The smallest absolute Gasteiger partial charge is 0.222 e. The van der Waals surface area contributed by atoms with Gasteiger partial charge in [-0.1, -0.05) is 50.1 Å². The minimum Gasteiger partial charge on any atom is -0.481 e. The summed E-state index contributed by atoms with van der Waals surface area (Å²) in [5, 5.41) is 3.29. The lowest BCUT2D eigenvalue weighted by atomic mass is 10.1. The normalized spacial score (nSPS) is 11.9. The van der Waals surface area contributed by atoms with E-state index in [1.807, 2.05) is 37.3 Å². The molecule has 5 nitrogen and oxygen atoms in total. The number of hydrogen-bond acceptors (Lipinski definition) is 5. The number of rotatable bonds is 8. The second-order valence-electron chi connectivity index (χ2n) is 5.25. The molecule has 0 fully saturated rings. The zero-order valence-corrected chi connectivity index (χ0v) is 13.2. The number of benzene rings is 1. The van der Waals surface area contributed by atoms with Crippen LogP contribution in [-0.2, 0) is 0 Å². The third kappa shape index (κ3) is 4.62. The van der Waals surface area contributed by atoms with Crippen molar-refractivity contribution in [1.82, 2.24) is 9.97 Å². The quantitative estimate of drug-likeness (QED) is 0.725. The predicted octanol–water partition coefficient (Wildman–Crippen LogP) is 3.80. The monoisotopic (exact) mass is 300 g/mol. The molecule has 1 aromatic carbocycles. The summed E-state index contributed by atoms with van der Waals surface area (Å²) in [5.41, 5.74) is 6.79. The summed E-state index contributed by atoms with van der Waals surface area (Å²) in [4.78, 5) is 8.28. The molecular weight excluding hydrogens is 276 g/mol. The first-order valence-electron chi connectivity index (χ1n) is 7.78. The van der Waals surface area contributed by atoms with Crippen molar-refractivity contribution in [1.29, 1.82) is 0 Å². The largest absolute Gasteiger partial charge is 0.481 e. The van der Waals surface area contributed by atoms with E-state index >= 15 is 0 Å². The van der Waals surface area contributed by atoms with E-state index in [1.54, 1.807) is 6.20 Å². The van der Waals surface area contributed by atoms with Crippen molar-refractivity contribution in [3.63, 3.8) is 0 Å². The molecule has 1 heterocycles. The van der Waals surface area contributed by atoms with Gasteiger partial charge in [0.05, 0.1) is 6.20 Å². The van der Waals surface area contributed by atoms with Crippen molar-refractivity contribution in [2.45, 2.75) is 39.2 Å². The molecule has 2 aromatic rings. The topological polar surface area (TPSA) is 73.1 Å². The predicted molar refractivity (Wildman–Crippen MR) is 89.9 cm³/mol. The number of nitrogens with zero attached hydrogens (tertiary/aromatic N) is 2. The van der Waals surface area contributed by atoms with Gasteiger partial charge in [-0.3, -0.25) is 0 Å². The number of nitrogen functional groups attached to an aromatic ring is 1. The molecule has 22 heavy (non-hydrogen) atoms. The molecule has 0 bridgehead atoms. The van der Waals surface area contributed by atoms with Crippen molar-refractivity contribution in [2.75, 3.05) is 17.6 Å². The summed E-state index contributed by atoms with van der Waals surface area (Å²) in [5.74, 6) is 1.53. The van der Waals surface area contributed by atoms with Crippen molar-refractivity contribution < 1.29 is 4.74 Å². The summed E-state index contributed by atoms with van der Waals surface area (Å²) < 4.78 is 6.00. The Bertz CT molecular complexity index is 574. The molecule has 0 amide bonds. The molecule has 118 valence electrons. The molecule has 0 aliphatic carbocycles. The summed E-state index contributed by atoms with van der Waals surface area (Å²) in [7, 11) is 0. The highest BCUT2D eigenvalue weighted by Gasteiger charge is 2.12. The Balaban J connectivity index is 2.06. The lowest BCUT2D eigenvalue weighted by Crippen LogP contribution is -2.10. The molecule has 5 heteroatoms. The molecule has 1 unspecified atom stereocenters. The maximum atomic E-state index is 6.00. The van der Waals surface area contributed by atoms with Gasteiger partial charge in [0.15, 0.2) is 11.6 Å². The fourth-order valence-corrected chi connectivity index (χ4v) is 2.16. The number of nitrogens with two attached hydrogens (primary N) is 1. The molecule has 0 saturated carbocycles. The van der Waals surface area contributed by atoms with E-state index in [4.69, 9.17) is 10.5 Å². The van der Waals surface area contributed by atoms with Crippen LogP contribution in [-0.4, -0.2) is 16.5 Å². The van der Waals surface area contributed by atoms with Crippen LogP contribution in [0.2, 0.25) is 0 Å². The van der Waals surface area contributed by atoms with Gasteiger partial charge in [-0.15, -0.1) is 0 Å². The zero-order chi connectivity index (χ0) is 15.8. The van der Waals surface area contributed by atoms with Crippen LogP contribution in [0, 0.1) is 0 Å². The van der Waals surface area contributed by atoms with Crippen LogP contribution in [0.15, 0.2) is 36.5 Å². The maximum Gasteiger partial charge on any atom is 0.222 e. The van der Waals surface area contributed by atoms with Gasteiger partial charge in [0.25, 0.3) is 0 Å². The van der Waals surface area contributed by atoms with Crippen LogP contribution < -0.4 is 15.8 Å². The average molecular weight is 300 g/mol. The molecule has 0 aliphatic heterocycles. The Kier molecular flexibility index (Phi) is 6.01. The van der Waals surface area contributed by atoms with E-state index < -0.39 is 0 Å². The highest BCUT2D eigenvalue weighted by atomic mass is 16.5. The Hall–Kier alpha value is -2.30. The van der Waals surface area contributed by atoms with Crippen molar-refractivity contribution in [2.24, 2.45) is 0 Å². The van der Waals surface area contributed by atoms with Crippen LogP contribution in [0.1, 0.15) is 44.8 Å². The van der Waals surface area contributed by atoms with Crippen molar-refractivity contribution in [3.8, 4) is 5.75 Å². The number of aromatic nitrogens is 2. The lowest BCUT2D eigenvalue weighted by molar-refractivity contribution is 0.226. The fraction of sp³-hybridized carbons (Fsp3) is 0.412. The van der Waals surface area contributed by atoms with Crippen LogP contribution in [0.4, 0.5) is 11.8 Å². The van der Waals surface area contributed by atoms with E-state index in [9.17, 15) is 0 Å². The number of ether oxygens (including phenoxy) is 1. The maximum absolute atomic E-state index is 6.00. The molecule has 0 aliphatic rings. The summed E-state index contributed by atoms with van der Waals surface area (Å²) in [6, 6.07) is 10.1. The first-order valence-corrected chi connectivity index (χ1v) is 7.78.